The third-order valence-electron chi connectivity index (χ3n) is 3.77. The quantitative estimate of drug-likeness (QED) is 0.527. The van der Waals surface area contributed by atoms with Crippen molar-refractivity contribution in [3.8, 4) is 16.5 Å². The zero-order chi connectivity index (χ0) is 19.7. The number of furan rings is 1. The topological polar surface area (TPSA) is 73.0 Å². The molecule has 28 heavy (non-hydrogen) atoms. The Morgan fingerprint density at radius 3 is 2.61 bits per heavy atom. The number of thiazole rings is 1. The molecule has 1 amide bonds. The van der Waals surface area contributed by atoms with E-state index in [-0.39, 0.29) is 11.4 Å². The van der Waals surface area contributed by atoms with Crippen LogP contribution < -0.4 is 5.32 Å². The molecular formula is C18H11F3N4O2S. The van der Waals surface area contributed by atoms with E-state index >= 15 is 0 Å². The van der Waals surface area contributed by atoms with E-state index in [2.05, 4.69) is 15.4 Å². The number of hydrogen-bond acceptors (Lipinski definition) is 5. The molecule has 10 heteroatoms. The van der Waals surface area contributed by atoms with E-state index in [4.69, 9.17) is 4.42 Å². The van der Waals surface area contributed by atoms with Gasteiger partial charge < -0.3 is 9.73 Å². The number of aromatic nitrogens is 3. The number of rotatable bonds is 4. The van der Waals surface area contributed by atoms with Crippen molar-refractivity contribution in [2.24, 2.45) is 0 Å². The lowest BCUT2D eigenvalue weighted by molar-refractivity contribution is -0.142. The van der Waals surface area contributed by atoms with Gasteiger partial charge in [0, 0.05) is 11.1 Å². The average Bonchev–Trinajstić information content (AvgIpc) is 3.41. The summed E-state index contributed by atoms with van der Waals surface area (Å²) in [4.78, 5) is 16.6. The highest BCUT2D eigenvalue weighted by Gasteiger charge is 2.35. The molecule has 3 heterocycles. The van der Waals surface area contributed by atoms with Crippen molar-refractivity contribution in [2.75, 3.05) is 5.32 Å². The molecule has 0 bridgehead atoms. The minimum absolute atomic E-state index is 0.215. The SMILES string of the molecule is O=C(Nc1ccc(-n2nccc2C(F)(F)F)cc1)c1csc(-c2ccco2)n1. The molecule has 0 radical (unpaired) electrons. The van der Waals surface area contributed by atoms with Crippen LogP contribution in [0.5, 0.6) is 0 Å². The number of hydrogen-bond donors (Lipinski definition) is 1. The van der Waals surface area contributed by atoms with Crippen LogP contribution >= 0.6 is 11.3 Å². The molecule has 0 fully saturated rings. The maximum Gasteiger partial charge on any atom is 0.433 e. The van der Waals surface area contributed by atoms with Crippen LogP contribution in [0.4, 0.5) is 18.9 Å². The van der Waals surface area contributed by atoms with Crippen LogP contribution in [0.3, 0.4) is 0 Å². The van der Waals surface area contributed by atoms with Crippen molar-refractivity contribution in [3.63, 3.8) is 0 Å². The maximum atomic E-state index is 13.0. The summed E-state index contributed by atoms with van der Waals surface area (Å²) in [7, 11) is 0. The number of alkyl halides is 3. The first-order valence-electron chi connectivity index (χ1n) is 7.94. The minimum Gasteiger partial charge on any atom is -0.462 e. The number of halogens is 3. The van der Waals surface area contributed by atoms with Crippen LogP contribution in [0.1, 0.15) is 16.2 Å². The molecule has 0 aliphatic heterocycles. The third kappa shape index (κ3) is 3.54. The van der Waals surface area contributed by atoms with Gasteiger partial charge in [-0.15, -0.1) is 11.3 Å². The molecule has 4 aromatic rings. The van der Waals surface area contributed by atoms with Crippen molar-refractivity contribution in [1.29, 1.82) is 0 Å². The number of benzene rings is 1. The summed E-state index contributed by atoms with van der Waals surface area (Å²) in [5.41, 5.74) is -0.0183. The van der Waals surface area contributed by atoms with Crippen molar-refractivity contribution < 1.29 is 22.4 Å². The molecule has 0 unspecified atom stereocenters. The molecule has 0 atom stereocenters. The summed E-state index contributed by atoms with van der Waals surface area (Å²) >= 11 is 1.27. The van der Waals surface area contributed by atoms with Gasteiger partial charge in [-0.05, 0) is 42.5 Å². The molecule has 1 aromatic carbocycles. The van der Waals surface area contributed by atoms with Gasteiger partial charge in [0.15, 0.2) is 10.8 Å². The second-order valence-corrected chi connectivity index (χ2v) is 6.50. The molecule has 0 saturated heterocycles. The van der Waals surface area contributed by atoms with Crippen molar-refractivity contribution in [2.45, 2.75) is 6.18 Å². The first kappa shape index (κ1) is 18.0. The monoisotopic (exact) mass is 404 g/mol. The number of nitrogens with zero attached hydrogens (tertiary/aromatic N) is 3. The van der Waals surface area contributed by atoms with Gasteiger partial charge in [0.1, 0.15) is 11.4 Å². The first-order chi connectivity index (χ1) is 13.4. The van der Waals surface area contributed by atoms with Crippen molar-refractivity contribution in [1.82, 2.24) is 14.8 Å². The molecule has 3 aromatic heterocycles. The average molecular weight is 404 g/mol. The molecule has 6 nitrogen and oxygen atoms in total. The fourth-order valence-electron chi connectivity index (χ4n) is 2.50. The smallest absolute Gasteiger partial charge is 0.433 e. The van der Waals surface area contributed by atoms with Crippen LogP contribution in [0.15, 0.2) is 64.7 Å². The standard InChI is InChI=1S/C18H11F3N4O2S/c19-18(20,21)15-7-8-22-25(15)12-5-3-11(4-6-12)23-16(26)13-10-28-17(24-13)14-2-1-9-27-14/h1-10H,(H,23,26). The Morgan fingerprint density at radius 2 is 1.93 bits per heavy atom. The van der Waals surface area contributed by atoms with Crippen molar-refractivity contribution >= 4 is 22.9 Å². The Balaban J connectivity index is 1.49. The first-order valence-corrected chi connectivity index (χ1v) is 8.82. The predicted octanol–water partition coefficient (Wildman–Crippen LogP) is 4.86. The lowest BCUT2D eigenvalue weighted by Gasteiger charge is -2.11. The van der Waals surface area contributed by atoms with Gasteiger partial charge in [-0.2, -0.15) is 18.3 Å². The molecule has 0 aliphatic rings. The highest BCUT2D eigenvalue weighted by Crippen LogP contribution is 2.30. The number of anilines is 1. The van der Waals surface area contributed by atoms with Gasteiger partial charge in [0.05, 0.1) is 18.1 Å². The Labute approximate surface area is 160 Å². The van der Waals surface area contributed by atoms with E-state index < -0.39 is 17.8 Å². The Hall–Kier alpha value is -3.40. The summed E-state index contributed by atoms with van der Waals surface area (Å²) in [6.07, 6.45) is -1.92. The summed E-state index contributed by atoms with van der Waals surface area (Å²) in [5, 5.41) is 8.54. The van der Waals surface area contributed by atoms with E-state index in [0.29, 0.717) is 16.5 Å². The molecule has 142 valence electrons. The van der Waals surface area contributed by atoms with E-state index in [9.17, 15) is 18.0 Å². The molecule has 1 N–H and O–H groups in total. The minimum atomic E-state index is -4.51. The number of amides is 1. The highest BCUT2D eigenvalue weighted by molar-refractivity contribution is 7.13. The number of nitrogens with one attached hydrogen (secondary N) is 1. The highest BCUT2D eigenvalue weighted by atomic mass is 32.1. The maximum absolute atomic E-state index is 13.0. The van der Waals surface area contributed by atoms with Gasteiger partial charge in [0.2, 0.25) is 0 Å². The third-order valence-corrected chi connectivity index (χ3v) is 4.63. The fourth-order valence-corrected chi connectivity index (χ4v) is 3.26. The lowest BCUT2D eigenvalue weighted by Crippen LogP contribution is -2.14. The molecular weight excluding hydrogens is 393 g/mol. The van der Waals surface area contributed by atoms with E-state index in [1.807, 2.05) is 0 Å². The van der Waals surface area contributed by atoms with Crippen LogP contribution in [0, 0.1) is 0 Å². The van der Waals surface area contributed by atoms with E-state index in [1.165, 1.54) is 41.9 Å². The fraction of sp³-hybridized carbons (Fsp3) is 0.0556. The number of carbonyl (C=O) groups excluding carboxylic acids is 1. The summed E-state index contributed by atoms with van der Waals surface area (Å²) in [6, 6.07) is 10.2. The molecule has 0 saturated carbocycles. The molecule has 4 rings (SSSR count). The van der Waals surface area contributed by atoms with Gasteiger partial charge >= 0.3 is 6.18 Å². The second kappa shape index (κ2) is 6.97. The van der Waals surface area contributed by atoms with Crippen molar-refractivity contribution in [3.05, 3.63) is 71.7 Å². The number of carbonyl (C=O) groups is 1. The summed E-state index contributed by atoms with van der Waals surface area (Å²) in [5.74, 6) is 0.130. The van der Waals surface area contributed by atoms with Crippen LogP contribution in [0.2, 0.25) is 0 Å². The Kier molecular flexibility index (Phi) is 4.47. The van der Waals surface area contributed by atoms with E-state index in [0.717, 1.165) is 16.9 Å². The lowest BCUT2D eigenvalue weighted by atomic mass is 10.2. The Bertz CT molecular complexity index is 1100. The summed E-state index contributed by atoms with van der Waals surface area (Å²) < 4.78 is 45.0. The van der Waals surface area contributed by atoms with Gasteiger partial charge in [-0.1, -0.05) is 0 Å². The van der Waals surface area contributed by atoms with Gasteiger partial charge in [-0.25, -0.2) is 9.67 Å². The predicted molar refractivity (Wildman–Crippen MR) is 96.3 cm³/mol. The Morgan fingerprint density at radius 1 is 1.14 bits per heavy atom. The van der Waals surface area contributed by atoms with Gasteiger partial charge in [0.25, 0.3) is 5.91 Å². The second-order valence-electron chi connectivity index (χ2n) is 5.64. The van der Waals surface area contributed by atoms with Crippen LogP contribution in [0.25, 0.3) is 16.5 Å². The van der Waals surface area contributed by atoms with Crippen LogP contribution in [-0.4, -0.2) is 20.7 Å². The van der Waals surface area contributed by atoms with E-state index in [1.54, 1.807) is 17.5 Å². The van der Waals surface area contributed by atoms with Crippen LogP contribution in [-0.2, 0) is 6.18 Å². The van der Waals surface area contributed by atoms with Gasteiger partial charge in [-0.3, -0.25) is 4.79 Å². The zero-order valence-electron chi connectivity index (χ0n) is 14.0. The largest absolute Gasteiger partial charge is 0.462 e. The normalized spacial score (nSPS) is 11.5. The summed E-state index contributed by atoms with van der Waals surface area (Å²) in [6.45, 7) is 0. The molecule has 0 spiro atoms. The zero-order valence-corrected chi connectivity index (χ0v) is 14.8. The molecule has 0 aliphatic carbocycles.